The Morgan fingerprint density at radius 2 is 2.27 bits per heavy atom. The van der Waals surface area contributed by atoms with Crippen LogP contribution in [0.25, 0.3) is 10.2 Å². The first-order chi connectivity index (χ1) is 12.4. The van der Waals surface area contributed by atoms with E-state index in [1.807, 2.05) is 0 Å². The van der Waals surface area contributed by atoms with Crippen LogP contribution in [0.3, 0.4) is 0 Å². The molecule has 2 aromatic heterocycles. The van der Waals surface area contributed by atoms with Crippen molar-refractivity contribution in [2.45, 2.75) is 53.0 Å². The molecule has 0 spiro atoms. The van der Waals surface area contributed by atoms with E-state index in [0.717, 1.165) is 48.0 Å². The number of likely N-dealkylation sites (tertiary alicyclic amines) is 1. The second kappa shape index (κ2) is 7.88. The molecular weight excluding hydrogens is 348 g/mol. The number of aryl methyl sites for hydroxylation is 1. The van der Waals surface area contributed by atoms with Crippen molar-refractivity contribution in [2.75, 3.05) is 13.1 Å². The van der Waals surface area contributed by atoms with Gasteiger partial charge in [0.25, 0.3) is 5.56 Å². The third-order valence-electron chi connectivity index (χ3n) is 5.44. The molecule has 0 aromatic carbocycles. The Labute approximate surface area is 157 Å². The number of carbonyl (C=O) groups excluding carboxylic acids is 1. The number of H-pyrrole nitrogens is 1. The number of piperidine rings is 1. The Balaban J connectivity index is 1.85. The number of nitrogens with one attached hydrogen (secondary N) is 1. The number of nitrogens with two attached hydrogens (primary N) is 1. The zero-order chi connectivity index (χ0) is 18.8. The van der Waals surface area contributed by atoms with Crippen LogP contribution in [-0.4, -0.2) is 33.9 Å². The summed E-state index contributed by atoms with van der Waals surface area (Å²) in [5.41, 5.74) is 6.55. The normalized spacial score (nSPS) is 19.7. The van der Waals surface area contributed by atoms with Crippen molar-refractivity contribution in [1.29, 1.82) is 0 Å². The molecule has 6 nitrogen and oxygen atoms in total. The van der Waals surface area contributed by atoms with Gasteiger partial charge in [-0.2, -0.15) is 0 Å². The molecule has 0 unspecified atom stereocenters. The number of thiophene rings is 1. The van der Waals surface area contributed by atoms with Crippen molar-refractivity contribution in [2.24, 2.45) is 17.6 Å². The lowest BCUT2D eigenvalue weighted by Gasteiger charge is -2.30. The van der Waals surface area contributed by atoms with Crippen LogP contribution in [0.4, 0.5) is 0 Å². The van der Waals surface area contributed by atoms with Gasteiger partial charge in [-0.3, -0.25) is 14.5 Å². The summed E-state index contributed by atoms with van der Waals surface area (Å²) in [4.78, 5) is 36.0. The number of fused-ring (bicyclic) bond motifs is 1. The highest BCUT2D eigenvalue weighted by Crippen LogP contribution is 2.29. The molecule has 2 atom stereocenters. The number of aromatic nitrogens is 2. The second-order valence-corrected chi connectivity index (χ2v) is 8.73. The smallest absolute Gasteiger partial charge is 0.259 e. The van der Waals surface area contributed by atoms with Crippen LogP contribution in [0, 0.1) is 18.8 Å². The average Bonchev–Trinajstić information content (AvgIpc) is 2.90. The van der Waals surface area contributed by atoms with Crippen molar-refractivity contribution < 1.29 is 4.79 Å². The summed E-state index contributed by atoms with van der Waals surface area (Å²) < 4.78 is 0. The first-order valence-corrected chi connectivity index (χ1v) is 10.2. The predicted octanol–water partition coefficient (Wildman–Crippen LogP) is 2.58. The number of hydrogen-bond donors (Lipinski definition) is 2. The Bertz CT molecular complexity index is 857. The molecule has 7 heteroatoms. The molecule has 1 amide bonds. The molecule has 0 aliphatic carbocycles. The fourth-order valence-electron chi connectivity index (χ4n) is 3.68. The summed E-state index contributed by atoms with van der Waals surface area (Å²) >= 11 is 1.60. The fourth-order valence-corrected chi connectivity index (χ4v) is 4.75. The van der Waals surface area contributed by atoms with Crippen LogP contribution in [0.2, 0.25) is 0 Å². The second-order valence-electron chi connectivity index (χ2n) is 7.52. The fraction of sp³-hybridized carbons (Fsp3) is 0.632. The van der Waals surface area contributed by atoms with Gasteiger partial charge >= 0.3 is 0 Å². The van der Waals surface area contributed by atoms with Crippen LogP contribution < -0.4 is 11.3 Å². The van der Waals surface area contributed by atoms with Gasteiger partial charge in [0.1, 0.15) is 10.7 Å². The quantitative estimate of drug-likeness (QED) is 0.810. The molecule has 0 bridgehead atoms. The third kappa shape index (κ3) is 3.99. The van der Waals surface area contributed by atoms with Gasteiger partial charge in [-0.05, 0) is 44.2 Å². The first-order valence-electron chi connectivity index (χ1n) is 9.41. The van der Waals surface area contributed by atoms with E-state index in [4.69, 9.17) is 10.7 Å². The van der Waals surface area contributed by atoms with Crippen LogP contribution in [0.1, 0.15) is 49.4 Å². The average molecular weight is 377 g/mol. The molecule has 0 saturated carbocycles. The molecule has 3 N–H and O–H groups in total. The number of aromatic amines is 1. The van der Waals surface area contributed by atoms with Gasteiger partial charge in [0, 0.05) is 11.4 Å². The summed E-state index contributed by atoms with van der Waals surface area (Å²) in [6.07, 6.45) is 3.80. The molecule has 3 heterocycles. The lowest BCUT2D eigenvalue weighted by atomic mass is 9.97. The van der Waals surface area contributed by atoms with Crippen LogP contribution >= 0.6 is 11.3 Å². The number of nitrogens with zero attached hydrogens (tertiary/aromatic N) is 2. The molecule has 142 valence electrons. The molecule has 0 radical (unpaired) electrons. The van der Waals surface area contributed by atoms with Crippen molar-refractivity contribution in [3.63, 3.8) is 0 Å². The van der Waals surface area contributed by atoms with Crippen molar-refractivity contribution in [1.82, 2.24) is 14.9 Å². The summed E-state index contributed by atoms with van der Waals surface area (Å²) in [6.45, 7) is 8.55. The van der Waals surface area contributed by atoms with Gasteiger partial charge < -0.3 is 10.7 Å². The lowest BCUT2D eigenvalue weighted by molar-refractivity contribution is -0.123. The molecule has 1 aliphatic rings. The SMILES string of the molecule is CC[C@H](C)Cc1c(C)sc2nc(CN3CCC[C@H](C(N)=O)C3)[nH]c(=O)c12. The number of rotatable bonds is 6. The Kier molecular flexibility index (Phi) is 5.77. The van der Waals surface area contributed by atoms with Crippen LogP contribution in [0.15, 0.2) is 4.79 Å². The number of amides is 1. The van der Waals surface area contributed by atoms with E-state index in [2.05, 4.69) is 30.7 Å². The molecular formula is C19H28N4O2S. The standard InChI is InChI=1S/C19H28N4O2S/c1-4-11(2)8-14-12(3)26-19-16(14)18(25)21-15(22-19)10-23-7-5-6-13(9-23)17(20)24/h11,13H,4-10H2,1-3H3,(H2,20,24)(H,21,22,25)/t11-,13-/m0/s1. The summed E-state index contributed by atoms with van der Waals surface area (Å²) in [7, 11) is 0. The van der Waals surface area contributed by atoms with Gasteiger partial charge in [0.05, 0.1) is 17.8 Å². The number of carbonyl (C=O) groups is 1. The Hall–Kier alpha value is -1.73. The Morgan fingerprint density at radius 1 is 1.50 bits per heavy atom. The van der Waals surface area contributed by atoms with Gasteiger partial charge in [-0.15, -0.1) is 11.3 Å². The van der Waals surface area contributed by atoms with Crippen LogP contribution in [-0.2, 0) is 17.8 Å². The maximum Gasteiger partial charge on any atom is 0.259 e. The highest BCUT2D eigenvalue weighted by Gasteiger charge is 2.25. The van der Waals surface area contributed by atoms with Gasteiger partial charge in [0.15, 0.2) is 0 Å². The first kappa shape index (κ1) is 19.0. The van der Waals surface area contributed by atoms with E-state index in [0.29, 0.717) is 24.8 Å². The van der Waals surface area contributed by atoms with E-state index < -0.39 is 0 Å². The highest BCUT2D eigenvalue weighted by atomic mass is 32.1. The van der Waals surface area contributed by atoms with Gasteiger partial charge in [-0.25, -0.2) is 4.98 Å². The molecule has 2 aromatic rings. The van der Waals surface area contributed by atoms with Crippen molar-refractivity contribution in [3.05, 3.63) is 26.6 Å². The van der Waals surface area contributed by atoms with E-state index >= 15 is 0 Å². The minimum atomic E-state index is -0.241. The third-order valence-corrected chi connectivity index (χ3v) is 6.48. The zero-order valence-electron chi connectivity index (χ0n) is 15.8. The maximum absolute atomic E-state index is 12.7. The van der Waals surface area contributed by atoms with E-state index in [1.54, 1.807) is 11.3 Å². The monoisotopic (exact) mass is 376 g/mol. The van der Waals surface area contributed by atoms with E-state index in [9.17, 15) is 9.59 Å². The van der Waals surface area contributed by atoms with Gasteiger partial charge in [0.2, 0.25) is 5.91 Å². The van der Waals surface area contributed by atoms with Gasteiger partial charge in [-0.1, -0.05) is 20.3 Å². The van der Waals surface area contributed by atoms with E-state index in [-0.39, 0.29) is 17.4 Å². The summed E-state index contributed by atoms with van der Waals surface area (Å²) in [6, 6.07) is 0. The molecule has 1 aliphatic heterocycles. The number of primary amides is 1. The van der Waals surface area contributed by atoms with Crippen molar-refractivity contribution >= 4 is 27.5 Å². The van der Waals surface area contributed by atoms with E-state index in [1.165, 1.54) is 4.88 Å². The molecule has 1 fully saturated rings. The molecule has 26 heavy (non-hydrogen) atoms. The zero-order valence-corrected chi connectivity index (χ0v) is 16.6. The summed E-state index contributed by atoms with van der Waals surface area (Å²) in [5.74, 6) is 0.870. The van der Waals surface area contributed by atoms with Crippen molar-refractivity contribution in [3.8, 4) is 0 Å². The number of hydrogen-bond acceptors (Lipinski definition) is 5. The van der Waals surface area contributed by atoms with Crippen LogP contribution in [0.5, 0.6) is 0 Å². The topological polar surface area (TPSA) is 92.1 Å². The maximum atomic E-state index is 12.7. The largest absolute Gasteiger partial charge is 0.369 e. The predicted molar refractivity (Wildman–Crippen MR) is 105 cm³/mol. The molecule has 3 rings (SSSR count). The lowest BCUT2D eigenvalue weighted by Crippen LogP contribution is -2.41. The minimum absolute atomic E-state index is 0.0453. The molecule has 1 saturated heterocycles. The minimum Gasteiger partial charge on any atom is -0.369 e. The Morgan fingerprint density at radius 3 is 2.96 bits per heavy atom. The highest BCUT2D eigenvalue weighted by molar-refractivity contribution is 7.18. The summed E-state index contributed by atoms with van der Waals surface area (Å²) in [5, 5.41) is 0.755.